The zero-order valence-corrected chi connectivity index (χ0v) is 38.2. The smallest absolute Gasteiger partial charge is 0.220 e. The number of carbonyl (C=O) groups is 2. The Labute approximate surface area is 358 Å². The van der Waals surface area contributed by atoms with Crippen molar-refractivity contribution in [3.63, 3.8) is 0 Å². The fraction of sp³-hybridized carbons (Fsp3) is 0.680. The molecule has 59 heavy (non-hydrogen) atoms. The molecule has 1 aliphatic heterocycles. The molecular weight excluding hydrogens is 743 g/mol. The molecule has 2 aliphatic carbocycles. The minimum absolute atomic E-state index is 0.0163. The number of aliphatic hydroxyl groups is 3. The maximum absolute atomic E-state index is 11.7. The molecule has 336 valence electrons. The van der Waals surface area contributed by atoms with Gasteiger partial charge in [0.25, 0.3) is 0 Å². The minimum Gasteiger partial charge on any atom is -0.389 e. The summed E-state index contributed by atoms with van der Waals surface area (Å²) in [6.45, 7) is 12.7. The van der Waals surface area contributed by atoms with Crippen molar-refractivity contribution in [3.8, 4) is 0 Å². The summed E-state index contributed by atoms with van der Waals surface area (Å²) in [4.78, 5) is 23.3. The van der Waals surface area contributed by atoms with Crippen LogP contribution in [0.25, 0.3) is 0 Å². The predicted octanol–water partition coefficient (Wildman–Crippen LogP) is 9.64. The van der Waals surface area contributed by atoms with Crippen molar-refractivity contribution in [2.24, 2.45) is 17.8 Å². The highest BCUT2D eigenvalue weighted by atomic mass is 16.5. The molecule has 0 saturated carbocycles. The van der Waals surface area contributed by atoms with Crippen molar-refractivity contribution in [3.05, 3.63) is 83.6 Å². The highest BCUT2D eigenvalue weighted by Gasteiger charge is 2.23. The zero-order valence-electron chi connectivity index (χ0n) is 38.2. The first-order chi connectivity index (χ1) is 28.2. The molecule has 9 atom stereocenters. The number of hydrogen-bond acceptors (Lipinski definition) is 8. The van der Waals surface area contributed by atoms with Gasteiger partial charge in [0, 0.05) is 64.9 Å². The number of hydrogen-bond donors (Lipinski definition) is 4. The summed E-state index contributed by atoms with van der Waals surface area (Å²) in [5.41, 5.74) is 3.58. The van der Waals surface area contributed by atoms with Crippen LogP contribution in [-0.4, -0.2) is 91.5 Å². The molecule has 9 heteroatoms. The highest BCUT2D eigenvalue weighted by Crippen LogP contribution is 2.20. The Morgan fingerprint density at radius 3 is 1.41 bits per heavy atom. The van der Waals surface area contributed by atoms with Crippen LogP contribution in [0.4, 0.5) is 0 Å². The van der Waals surface area contributed by atoms with Crippen molar-refractivity contribution in [2.75, 3.05) is 27.9 Å². The standard InChI is InChI=1S/C17H28O3.C17H28O2.C16H27NO3/c1-13-10-11-15(18)8-6-4-5-7-9-16(20-3)17(19)14(2)12-13;1-14-11-9-7-5-4-6-8-10-12-16(19-3)17(18)15(2)13-14;1-12-10-13(2)16(19)14(20-3)8-6-4-5-7-9-15(18)17-11-12/h7,9,12,14,16-17,19H,4-6,8,10-11H2,1-3H3;4-5,10,12-13,15-18H,6-9,11H2,1-3H3;6,8,10,13-14,16,19H,4-5,7,9,11H2,1-3H3,(H,17,18)/b9-7+,13-12-;5-4+,12-10+,14-13-;8-6+,12-10-/t14-,16+,17+;15-,16+,17+;13-,14+,16+/m111/s1. The first kappa shape index (κ1) is 54.1. The first-order valence-electron chi connectivity index (χ1n) is 22.3. The minimum atomic E-state index is -0.579. The number of aliphatic hydroxyl groups excluding tert-OH is 3. The number of rotatable bonds is 3. The summed E-state index contributed by atoms with van der Waals surface area (Å²) in [5, 5.41) is 33.9. The zero-order chi connectivity index (χ0) is 44.0. The van der Waals surface area contributed by atoms with Gasteiger partial charge in [0.2, 0.25) is 5.91 Å². The Kier molecular flexibility index (Phi) is 30.1. The monoisotopic (exact) mass is 826 g/mol. The number of ketones is 1. The molecule has 0 aromatic rings. The topological polar surface area (TPSA) is 135 Å². The fourth-order valence-corrected chi connectivity index (χ4v) is 7.30. The van der Waals surface area contributed by atoms with Gasteiger partial charge >= 0.3 is 0 Å². The number of ether oxygens (including phenoxy) is 3. The van der Waals surface area contributed by atoms with Gasteiger partial charge < -0.3 is 34.8 Å². The van der Waals surface area contributed by atoms with Crippen molar-refractivity contribution in [2.45, 2.75) is 174 Å². The second kappa shape index (κ2) is 32.8. The third kappa shape index (κ3) is 24.8. The van der Waals surface area contributed by atoms with Crippen LogP contribution in [0.3, 0.4) is 0 Å². The van der Waals surface area contributed by atoms with Crippen LogP contribution < -0.4 is 5.32 Å². The van der Waals surface area contributed by atoms with Crippen LogP contribution in [0.15, 0.2) is 83.6 Å². The van der Waals surface area contributed by atoms with Crippen molar-refractivity contribution in [1.82, 2.24) is 5.32 Å². The Morgan fingerprint density at radius 2 is 0.898 bits per heavy atom. The molecule has 1 amide bonds. The van der Waals surface area contributed by atoms with Gasteiger partial charge in [-0.2, -0.15) is 0 Å². The van der Waals surface area contributed by atoms with Gasteiger partial charge in [0.15, 0.2) is 0 Å². The lowest BCUT2D eigenvalue weighted by Crippen LogP contribution is -2.32. The molecule has 9 nitrogen and oxygen atoms in total. The van der Waals surface area contributed by atoms with E-state index in [9.17, 15) is 24.9 Å². The molecule has 0 spiro atoms. The van der Waals surface area contributed by atoms with Gasteiger partial charge in [-0.05, 0) is 97.8 Å². The maximum atomic E-state index is 11.7. The van der Waals surface area contributed by atoms with E-state index < -0.39 is 18.3 Å². The van der Waals surface area contributed by atoms with Crippen LogP contribution in [0.1, 0.15) is 138 Å². The fourth-order valence-electron chi connectivity index (χ4n) is 7.30. The molecular formula is C50H83NO8. The molecule has 0 aromatic carbocycles. The third-order valence-corrected chi connectivity index (χ3v) is 11.1. The van der Waals surface area contributed by atoms with Gasteiger partial charge in [-0.1, -0.05) is 104 Å². The second-order valence-electron chi connectivity index (χ2n) is 16.7. The van der Waals surface area contributed by atoms with E-state index in [0.717, 1.165) is 76.2 Å². The number of allylic oxidation sites excluding steroid dienone is 7. The lowest BCUT2D eigenvalue weighted by Gasteiger charge is -2.23. The Bertz CT molecular complexity index is 1310. The van der Waals surface area contributed by atoms with E-state index in [1.54, 1.807) is 21.3 Å². The average Bonchev–Trinajstić information content (AvgIpc) is 3.21. The molecule has 3 rings (SSSR count). The van der Waals surface area contributed by atoms with Gasteiger partial charge in [-0.3, -0.25) is 9.59 Å². The molecule has 0 bridgehead atoms. The molecule has 0 aromatic heterocycles. The SMILES string of the molecule is CO[C@H]1/C=C/CC/C=C/CCC/C(C)=C\[C@@H](C)[C@@H]1O.CO[C@H]1/C=C/CCCCC(=O)CC/C(C)=C\[C@@H](C)[C@@H]1O.CO[C@H]1/C=C/CCCCC(=O)NC/C(C)=C\[C@@H](C)[C@@H]1O. The molecule has 0 saturated heterocycles. The largest absolute Gasteiger partial charge is 0.389 e. The average molecular weight is 826 g/mol. The van der Waals surface area contributed by atoms with E-state index in [2.05, 4.69) is 55.6 Å². The highest BCUT2D eigenvalue weighted by molar-refractivity contribution is 5.78. The van der Waals surface area contributed by atoms with Crippen molar-refractivity contribution < 1.29 is 39.1 Å². The molecule has 0 unspecified atom stereocenters. The van der Waals surface area contributed by atoms with Crippen LogP contribution >= 0.6 is 0 Å². The van der Waals surface area contributed by atoms with Gasteiger partial charge in [-0.15, -0.1) is 0 Å². The Hall–Kier alpha value is -2.92. The van der Waals surface area contributed by atoms with Crippen molar-refractivity contribution >= 4 is 11.7 Å². The summed E-state index contributed by atoms with van der Waals surface area (Å²) in [7, 11) is 4.90. The number of methoxy groups -OCH3 is 3. The lowest BCUT2D eigenvalue weighted by atomic mass is 9.94. The Balaban J connectivity index is 0.000000443. The van der Waals surface area contributed by atoms with Gasteiger partial charge in [-0.25, -0.2) is 0 Å². The van der Waals surface area contributed by atoms with Crippen LogP contribution in [0.2, 0.25) is 0 Å². The molecule has 0 radical (unpaired) electrons. The quantitative estimate of drug-likeness (QED) is 0.207. The summed E-state index contributed by atoms with van der Waals surface area (Å²) >= 11 is 0. The summed E-state index contributed by atoms with van der Waals surface area (Å²) in [5.74, 6) is 0.559. The summed E-state index contributed by atoms with van der Waals surface area (Å²) < 4.78 is 16.1. The number of carbonyl (C=O) groups excluding carboxylic acids is 2. The molecule has 1 heterocycles. The Morgan fingerprint density at radius 1 is 0.492 bits per heavy atom. The normalized spacial score (nSPS) is 35.4. The summed E-state index contributed by atoms with van der Waals surface area (Å²) in [6, 6.07) is 0. The van der Waals surface area contributed by atoms with Crippen molar-refractivity contribution in [1.29, 1.82) is 0 Å². The maximum Gasteiger partial charge on any atom is 0.220 e. The van der Waals surface area contributed by atoms with Crippen LogP contribution in [0.5, 0.6) is 0 Å². The lowest BCUT2D eigenvalue weighted by molar-refractivity contribution is -0.121. The van der Waals surface area contributed by atoms with E-state index in [0.29, 0.717) is 31.6 Å². The second-order valence-corrected chi connectivity index (χ2v) is 16.7. The molecule has 3 aliphatic rings. The number of amides is 1. The van der Waals surface area contributed by atoms with E-state index in [1.807, 2.05) is 58.1 Å². The third-order valence-electron chi connectivity index (χ3n) is 11.1. The number of Topliss-reactive ketones (excluding diaryl/α,β-unsaturated/α-hetero) is 1. The van der Waals surface area contributed by atoms with E-state index in [1.165, 1.54) is 17.6 Å². The van der Waals surface area contributed by atoms with Gasteiger partial charge in [0.1, 0.15) is 24.1 Å². The molecule has 0 fully saturated rings. The van der Waals surface area contributed by atoms with Crippen LogP contribution in [-0.2, 0) is 23.8 Å². The first-order valence-corrected chi connectivity index (χ1v) is 22.3. The number of nitrogens with one attached hydrogen (secondary N) is 1. The predicted molar refractivity (Wildman–Crippen MR) is 243 cm³/mol. The molecule has 4 N–H and O–H groups in total. The summed E-state index contributed by atoms with van der Waals surface area (Å²) in [6.07, 6.45) is 34.3. The van der Waals surface area contributed by atoms with E-state index in [-0.39, 0.29) is 42.0 Å². The van der Waals surface area contributed by atoms with E-state index >= 15 is 0 Å². The van der Waals surface area contributed by atoms with Crippen LogP contribution in [0, 0.1) is 17.8 Å². The van der Waals surface area contributed by atoms with E-state index in [4.69, 9.17) is 14.2 Å². The van der Waals surface area contributed by atoms with Gasteiger partial charge in [0.05, 0.1) is 18.3 Å².